The fourth-order valence-corrected chi connectivity index (χ4v) is 2.38. The van der Waals surface area contributed by atoms with Gasteiger partial charge >= 0.3 is 0 Å². The second kappa shape index (κ2) is 4.21. The van der Waals surface area contributed by atoms with Crippen LogP contribution in [0, 0.1) is 0 Å². The summed E-state index contributed by atoms with van der Waals surface area (Å²) in [7, 11) is 0. The van der Waals surface area contributed by atoms with Crippen molar-refractivity contribution in [2.24, 2.45) is 0 Å². The van der Waals surface area contributed by atoms with Crippen LogP contribution in [0.15, 0.2) is 17.0 Å². The second-order valence-electron chi connectivity index (χ2n) is 4.02. The molecule has 0 aliphatic heterocycles. The number of hydrogen-bond acceptors (Lipinski definition) is 2. The van der Waals surface area contributed by atoms with Gasteiger partial charge in [-0.1, -0.05) is 44.0 Å². The molecular weight excluding hydrogens is 237 g/mol. The third-order valence-corrected chi connectivity index (χ3v) is 3.38. The molecular formula is C10H13Cl2NS. The highest BCUT2D eigenvalue weighted by Gasteiger charge is 2.15. The van der Waals surface area contributed by atoms with Crippen LogP contribution < -0.4 is 5.73 Å². The summed E-state index contributed by atoms with van der Waals surface area (Å²) in [6.45, 7) is 6.37. The Morgan fingerprint density at radius 3 is 2.14 bits per heavy atom. The average molecular weight is 250 g/mol. The van der Waals surface area contributed by atoms with Crippen molar-refractivity contribution in [1.29, 1.82) is 0 Å². The van der Waals surface area contributed by atoms with E-state index in [1.54, 1.807) is 17.8 Å². The zero-order chi connectivity index (χ0) is 10.9. The van der Waals surface area contributed by atoms with Gasteiger partial charge in [-0.25, -0.2) is 0 Å². The van der Waals surface area contributed by atoms with Gasteiger partial charge in [0.25, 0.3) is 0 Å². The van der Waals surface area contributed by atoms with Crippen LogP contribution in [-0.2, 0) is 0 Å². The molecule has 0 fully saturated rings. The fraction of sp³-hybridized carbons (Fsp3) is 0.400. The van der Waals surface area contributed by atoms with Gasteiger partial charge in [-0.2, -0.15) is 0 Å². The Bertz CT molecular complexity index is 345. The molecule has 0 amide bonds. The van der Waals surface area contributed by atoms with E-state index in [-0.39, 0.29) is 4.75 Å². The minimum absolute atomic E-state index is 0.116. The maximum absolute atomic E-state index is 5.91. The van der Waals surface area contributed by atoms with Crippen LogP contribution in [0.4, 0.5) is 5.69 Å². The average Bonchev–Trinajstić information content (AvgIpc) is 1.97. The summed E-state index contributed by atoms with van der Waals surface area (Å²) in [5.74, 6) is 0. The molecule has 1 aromatic rings. The molecule has 0 heterocycles. The molecule has 0 aliphatic rings. The molecule has 0 bridgehead atoms. The number of rotatable bonds is 1. The molecule has 78 valence electrons. The number of halogens is 2. The number of anilines is 1. The van der Waals surface area contributed by atoms with Crippen molar-refractivity contribution >= 4 is 40.7 Å². The Morgan fingerprint density at radius 2 is 1.64 bits per heavy atom. The molecule has 0 radical (unpaired) electrons. The van der Waals surface area contributed by atoms with Crippen LogP contribution in [0.3, 0.4) is 0 Å². The zero-order valence-corrected chi connectivity index (χ0v) is 10.7. The van der Waals surface area contributed by atoms with Gasteiger partial charge in [-0.15, -0.1) is 11.8 Å². The quantitative estimate of drug-likeness (QED) is 0.588. The lowest BCUT2D eigenvalue weighted by Crippen LogP contribution is -2.07. The van der Waals surface area contributed by atoms with E-state index in [1.807, 2.05) is 6.07 Å². The van der Waals surface area contributed by atoms with E-state index in [9.17, 15) is 0 Å². The lowest BCUT2D eigenvalue weighted by atomic mass is 10.3. The molecule has 1 rings (SSSR count). The molecule has 0 aliphatic carbocycles. The molecule has 4 heteroatoms. The number of benzene rings is 1. The Morgan fingerprint density at radius 1 is 1.14 bits per heavy atom. The topological polar surface area (TPSA) is 26.0 Å². The highest BCUT2D eigenvalue weighted by atomic mass is 35.5. The SMILES string of the molecule is CC(C)(C)Sc1cc(Cl)c(Cl)cc1N. The summed E-state index contributed by atoms with van der Waals surface area (Å²) in [6, 6.07) is 3.51. The van der Waals surface area contributed by atoms with Crippen molar-refractivity contribution in [3.05, 3.63) is 22.2 Å². The van der Waals surface area contributed by atoms with Crippen LogP contribution >= 0.6 is 35.0 Å². The van der Waals surface area contributed by atoms with Crippen LogP contribution in [0.25, 0.3) is 0 Å². The summed E-state index contributed by atoms with van der Waals surface area (Å²) < 4.78 is 0.116. The molecule has 0 saturated carbocycles. The van der Waals surface area contributed by atoms with Crippen molar-refractivity contribution in [1.82, 2.24) is 0 Å². The van der Waals surface area contributed by atoms with Gasteiger partial charge in [-0.05, 0) is 12.1 Å². The van der Waals surface area contributed by atoms with Crippen molar-refractivity contribution in [3.63, 3.8) is 0 Å². The Hall–Kier alpha value is -0.0500. The van der Waals surface area contributed by atoms with Crippen LogP contribution in [0.5, 0.6) is 0 Å². The highest BCUT2D eigenvalue weighted by Crippen LogP contribution is 2.39. The summed E-state index contributed by atoms with van der Waals surface area (Å²) in [5, 5.41) is 1.05. The van der Waals surface area contributed by atoms with Crippen molar-refractivity contribution in [2.75, 3.05) is 5.73 Å². The Labute approximate surface area is 99.0 Å². The molecule has 1 aromatic carbocycles. The second-order valence-corrected chi connectivity index (χ2v) is 6.70. The summed E-state index contributed by atoms with van der Waals surface area (Å²) in [4.78, 5) is 0.979. The number of nitrogens with two attached hydrogens (primary N) is 1. The third-order valence-electron chi connectivity index (χ3n) is 1.47. The van der Waals surface area contributed by atoms with Gasteiger partial charge in [0.15, 0.2) is 0 Å². The number of hydrogen-bond donors (Lipinski definition) is 1. The zero-order valence-electron chi connectivity index (χ0n) is 8.40. The van der Waals surface area contributed by atoms with E-state index in [0.29, 0.717) is 15.7 Å². The smallest absolute Gasteiger partial charge is 0.0613 e. The predicted molar refractivity (Wildman–Crippen MR) is 66.5 cm³/mol. The van der Waals surface area contributed by atoms with Gasteiger partial charge in [-0.3, -0.25) is 0 Å². The Kier molecular flexibility index (Phi) is 3.62. The van der Waals surface area contributed by atoms with Crippen LogP contribution in [0.2, 0.25) is 10.0 Å². The van der Waals surface area contributed by atoms with E-state index < -0.39 is 0 Å². The van der Waals surface area contributed by atoms with Crippen LogP contribution in [0.1, 0.15) is 20.8 Å². The third kappa shape index (κ3) is 3.26. The molecule has 1 nitrogen and oxygen atoms in total. The fourth-order valence-electron chi connectivity index (χ4n) is 0.962. The van der Waals surface area contributed by atoms with Gasteiger partial charge in [0.2, 0.25) is 0 Å². The molecule has 0 atom stereocenters. The maximum atomic E-state index is 5.91. The lowest BCUT2D eigenvalue weighted by Gasteiger charge is -2.19. The molecule has 0 aromatic heterocycles. The molecule has 2 N–H and O–H groups in total. The maximum Gasteiger partial charge on any atom is 0.0613 e. The number of nitrogen functional groups attached to an aromatic ring is 1. The molecule has 0 unspecified atom stereocenters. The monoisotopic (exact) mass is 249 g/mol. The van der Waals surface area contributed by atoms with E-state index in [2.05, 4.69) is 20.8 Å². The van der Waals surface area contributed by atoms with Crippen LogP contribution in [-0.4, -0.2) is 4.75 Å². The largest absolute Gasteiger partial charge is 0.398 e. The van der Waals surface area contributed by atoms with Crippen molar-refractivity contribution in [3.8, 4) is 0 Å². The van der Waals surface area contributed by atoms with E-state index >= 15 is 0 Å². The molecule has 0 saturated heterocycles. The predicted octanol–water partition coefficient (Wildman–Crippen LogP) is 4.47. The first-order valence-corrected chi connectivity index (χ1v) is 5.80. The van der Waals surface area contributed by atoms with Crippen molar-refractivity contribution in [2.45, 2.75) is 30.4 Å². The van der Waals surface area contributed by atoms with Gasteiger partial charge in [0.05, 0.1) is 10.0 Å². The lowest BCUT2D eigenvalue weighted by molar-refractivity contribution is 0.803. The summed E-state index contributed by atoms with van der Waals surface area (Å²) >= 11 is 13.4. The van der Waals surface area contributed by atoms with Crippen molar-refractivity contribution < 1.29 is 0 Å². The van der Waals surface area contributed by atoms with Gasteiger partial charge < -0.3 is 5.73 Å². The first-order valence-electron chi connectivity index (χ1n) is 4.23. The number of thioether (sulfide) groups is 1. The first-order chi connectivity index (χ1) is 6.29. The minimum Gasteiger partial charge on any atom is -0.398 e. The van der Waals surface area contributed by atoms with E-state index in [1.165, 1.54) is 0 Å². The standard InChI is InChI=1S/C10H13Cl2NS/c1-10(2,3)14-9-5-7(12)6(11)4-8(9)13/h4-5H,13H2,1-3H3. The van der Waals surface area contributed by atoms with E-state index in [0.717, 1.165) is 4.90 Å². The van der Waals surface area contributed by atoms with Gasteiger partial charge in [0, 0.05) is 15.3 Å². The molecule has 14 heavy (non-hydrogen) atoms. The minimum atomic E-state index is 0.116. The van der Waals surface area contributed by atoms with E-state index in [4.69, 9.17) is 28.9 Å². The summed E-state index contributed by atoms with van der Waals surface area (Å²) in [5.41, 5.74) is 6.51. The Balaban J connectivity index is 3.04. The normalized spacial score (nSPS) is 11.8. The first kappa shape index (κ1) is 12.0. The van der Waals surface area contributed by atoms with Gasteiger partial charge in [0.1, 0.15) is 0 Å². The highest BCUT2D eigenvalue weighted by molar-refractivity contribution is 8.00. The summed E-state index contributed by atoms with van der Waals surface area (Å²) in [6.07, 6.45) is 0. The molecule has 0 spiro atoms.